The van der Waals surface area contributed by atoms with Gasteiger partial charge in [-0.3, -0.25) is 4.79 Å². The maximum atomic E-state index is 12.4. The lowest BCUT2D eigenvalue weighted by molar-refractivity contribution is -0.127. The fourth-order valence-corrected chi connectivity index (χ4v) is 3.60. The lowest BCUT2D eigenvalue weighted by Gasteiger charge is -2.17. The number of hydrogen-bond donors (Lipinski definition) is 0. The molecule has 0 aliphatic rings. The van der Waals surface area contributed by atoms with Crippen LogP contribution in [0.2, 0.25) is 5.02 Å². The third-order valence-electron chi connectivity index (χ3n) is 3.95. The number of rotatable bonds is 7. The first-order valence-electron chi connectivity index (χ1n) is 8.51. The van der Waals surface area contributed by atoms with Gasteiger partial charge in [0, 0.05) is 17.5 Å². The number of thioether (sulfide) groups is 1. The molecule has 0 radical (unpaired) electrons. The smallest absolute Gasteiger partial charge is 0.232 e. The van der Waals surface area contributed by atoms with Crippen molar-refractivity contribution < 1.29 is 9.53 Å². The highest BCUT2D eigenvalue weighted by Crippen LogP contribution is 2.25. The summed E-state index contributed by atoms with van der Waals surface area (Å²) in [7, 11) is 1.78. The van der Waals surface area contributed by atoms with Gasteiger partial charge in [0.05, 0.1) is 17.8 Å². The van der Waals surface area contributed by atoms with Gasteiger partial charge >= 0.3 is 0 Å². The molecule has 5 nitrogen and oxygen atoms in total. The molecule has 0 saturated carbocycles. The highest BCUT2D eigenvalue weighted by atomic mass is 35.5. The molecule has 0 saturated heterocycles. The van der Waals surface area contributed by atoms with Crippen molar-refractivity contribution in [1.29, 1.82) is 0 Å². The van der Waals surface area contributed by atoms with Gasteiger partial charge < -0.3 is 9.64 Å². The largest absolute Gasteiger partial charge is 0.492 e. The summed E-state index contributed by atoms with van der Waals surface area (Å²) in [5, 5.41) is 2.46. The minimum absolute atomic E-state index is 0.0278. The van der Waals surface area contributed by atoms with E-state index < -0.39 is 0 Å². The topological polar surface area (TPSA) is 55.3 Å². The summed E-state index contributed by atoms with van der Waals surface area (Å²) < 4.78 is 5.64. The van der Waals surface area contributed by atoms with Crippen molar-refractivity contribution in [1.82, 2.24) is 14.9 Å². The molecule has 0 atom stereocenters. The number of aromatic nitrogens is 2. The average molecular weight is 402 g/mol. The number of hydrogen-bond acceptors (Lipinski definition) is 5. The van der Waals surface area contributed by atoms with Gasteiger partial charge in [-0.1, -0.05) is 41.6 Å². The summed E-state index contributed by atoms with van der Waals surface area (Å²) in [6, 6.07) is 15.0. The van der Waals surface area contributed by atoms with E-state index in [1.165, 1.54) is 11.8 Å². The Hall–Kier alpha value is -2.31. The molecular formula is C20H20ClN3O2S. The van der Waals surface area contributed by atoms with Gasteiger partial charge in [-0.25, -0.2) is 9.97 Å². The number of carbonyl (C=O) groups is 1. The number of likely N-dealkylation sites (N-methyl/N-ethyl adjacent to an activating group) is 1. The van der Waals surface area contributed by atoms with Gasteiger partial charge in [0.2, 0.25) is 5.91 Å². The molecule has 7 heteroatoms. The maximum Gasteiger partial charge on any atom is 0.232 e. The summed E-state index contributed by atoms with van der Waals surface area (Å²) >= 11 is 7.28. The molecule has 0 spiro atoms. The number of fused-ring (bicyclic) bond motifs is 1. The predicted molar refractivity (Wildman–Crippen MR) is 110 cm³/mol. The summed E-state index contributed by atoms with van der Waals surface area (Å²) in [5.74, 6) is 1.78. The molecule has 0 aliphatic heterocycles. The average Bonchev–Trinajstić information content (AvgIpc) is 2.67. The van der Waals surface area contributed by atoms with Crippen molar-refractivity contribution in [3.8, 4) is 5.75 Å². The second kappa shape index (κ2) is 9.06. The van der Waals surface area contributed by atoms with E-state index in [1.54, 1.807) is 24.1 Å². The quantitative estimate of drug-likeness (QED) is 0.438. The second-order valence-corrected chi connectivity index (χ2v) is 7.40. The van der Waals surface area contributed by atoms with E-state index in [0.717, 1.165) is 21.7 Å². The normalized spacial score (nSPS) is 10.8. The molecule has 0 bridgehead atoms. The van der Waals surface area contributed by atoms with Gasteiger partial charge in [0.15, 0.2) is 0 Å². The van der Waals surface area contributed by atoms with Gasteiger partial charge in [-0.2, -0.15) is 0 Å². The van der Waals surface area contributed by atoms with Crippen LogP contribution in [-0.4, -0.2) is 46.7 Å². The van der Waals surface area contributed by atoms with Crippen LogP contribution in [-0.2, 0) is 4.79 Å². The van der Waals surface area contributed by atoms with Crippen LogP contribution in [0.15, 0.2) is 53.6 Å². The Balaban J connectivity index is 1.52. The summed E-state index contributed by atoms with van der Waals surface area (Å²) in [4.78, 5) is 23.0. The number of benzene rings is 2. The molecule has 2 aromatic carbocycles. The Kier molecular flexibility index (Phi) is 6.53. The Bertz CT molecular complexity index is 934. The monoisotopic (exact) mass is 401 g/mol. The van der Waals surface area contributed by atoms with Crippen molar-refractivity contribution >= 4 is 40.2 Å². The minimum Gasteiger partial charge on any atom is -0.492 e. The highest BCUT2D eigenvalue weighted by Gasteiger charge is 2.12. The van der Waals surface area contributed by atoms with Crippen molar-refractivity contribution in [2.45, 2.75) is 11.9 Å². The molecule has 1 amide bonds. The Labute approximate surface area is 167 Å². The molecule has 3 aromatic rings. The summed E-state index contributed by atoms with van der Waals surface area (Å²) in [6.45, 7) is 2.79. The van der Waals surface area contributed by atoms with E-state index >= 15 is 0 Å². The first-order valence-corrected chi connectivity index (χ1v) is 9.88. The standard InChI is InChI=1S/C20H20ClN3O2S/c1-14-22-18-6-4-3-5-17(18)20(23-14)27-13-19(25)24(2)11-12-26-16-9-7-15(21)8-10-16/h3-10H,11-13H2,1-2H3. The number of amides is 1. The predicted octanol–water partition coefficient (Wildman–Crippen LogP) is 4.22. The molecular weight excluding hydrogens is 382 g/mol. The van der Waals surface area contributed by atoms with Crippen LogP contribution in [0, 0.1) is 6.92 Å². The fourth-order valence-electron chi connectivity index (χ4n) is 2.46. The molecule has 1 aromatic heterocycles. The van der Waals surface area contributed by atoms with Crippen LogP contribution in [0.4, 0.5) is 0 Å². The highest BCUT2D eigenvalue weighted by molar-refractivity contribution is 8.00. The van der Waals surface area contributed by atoms with Gasteiger partial charge in [0.1, 0.15) is 23.2 Å². The number of para-hydroxylation sites is 1. The van der Waals surface area contributed by atoms with Gasteiger partial charge in [0.25, 0.3) is 0 Å². The number of aryl methyl sites for hydroxylation is 1. The van der Waals surface area contributed by atoms with Crippen molar-refractivity contribution in [3.63, 3.8) is 0 Å². The zero-order valence-electron chi connectivity index (χ0n) is 15.2. The third kappa shape index (κ3) is 5.34. The Morgan fingerprint density at radius 1 is 1.15 bits per heavy atom. The van der Waals surface area contributed by atoms with Crippen LogP contribution in [0.1, 0.15) is 5.82 Å². The molecule has 0 fully saturated rings. The molecule has 27 heavy (non-hydrogen) atoms. The maximum absolute atomic E-state index is 12.4. The van der Waals surface area contributed by atoms with Crippen LogP contribution in [0.25, 0.3) is 10.9 Å². The van der Waals surface area contributed by atoms with Gasteiger partial charge in [-0.05, 0) is 37.3 Å². The molecule has 140 valence electrons. The van der Waals surface area contributed by atoms with Crippen LogP contribution in [0.3, 0.4) is 0 Å². The summed E-state index contributed by atoms with van der Waals surface area (Å²) in [6.07, 6.45) is 0. The number of halogens is 1. The number of carbonyl (C=O) groups excluding carboxylic acids is 1. The molecule has 1 heterocycles. The van der Waals surface area contributed by atoms with E-state index in [0.29, 0.717) is 29.8 Å². The molecule has 0 unspecified atom stereocenters. The van der Waals surface area contributed by atoms with E-state index in [4.69, 9.17) is 16.3 Å². The minimum atomic E-state index is 0.0278. The fraction of sp³-hybridized carbons (Fsp3) is 0.250. The molecule has 0 N–H and O–H groups in total. The number of ether oxygens (including phenoxy) is 1. The zero-order valence-corrected chi connectivity index (χ0v) is 16.8. The first-order chi connectivity index (χ1) is 13.0. The van der Waals surface area contributed by atoms with Crippen LogP contribution < -0.4 is 4.74 Å². The Morgan fingerprint density at radius 2 is 1.89 bits per heavy atom. The van der Waals surface area contributed by atoms with E-state index in [-0.39, 0.29) is 5.91 Å². The summed E-state index contributed by atoms with van der Waals surface area (Å²) in [5.41, 5.74) is 0.893. The SMILES string of the molecule is Cc1nc(SCC(=O)N(C)CCOc2ccc(Cl)cc2)c2ccccc2n1. The van der Waals surface area contributed by atoms with Crippen molar-refractivity contribution in [2.24, 2.45) is 0 Å². The Morgan fingerprint density at radius 3 is 2.67 bits per heavy atom. The zero-order chi connectivity index (χ0) is 19.2. The van der Waals surface area contributed by atoms with Gasteiger partial charge in [-0.15, -0.1) is 0 Å². The number of nitrogens with zero attached hydrogens (tertiary/aromatic N) is 3. The third-order valence-corrected chi connectivity index (χ3v) is 5.18. The molecule has 3 rings (SSSR count). The second-order valence-electron chi connectivity index (χ2n) is 6.00. The van der Waals surface area contributed by atoms with E-state index in [1.807, 2.05) is 43.3 Å². The van der Waals surface area contributed by atoms with Crippen molar-refractivity contribution in [3.05, 3.63) is 59.4 Å². The lowest BCUT2D eigenvalue weighted by atomic mass is 10.2. The lowest BCUT2D eigenvalue weighted by Crippen LogP contribution is -2.32. The van der Waals surface area contributed by atoms with Crippen LogP contribution in [0.5, 0.6) is 5.75 Å². The van der Waals surface area contributed by atoms with E-state index in [9.17, 15) is 4.79 Å². The first kappa shape index (κ1) is 19.5. The van der Waals surface area contributed by atoms with E-state index in [2.05, 4.69) is 9.97 Å². The van der Waals surface area contributed by atoms with Crippen LogP contribution >= 0.6 is 23.4 Å². The van der Waals surface area contributed by atoms with Crippen molar-refractivity contribution in [2.75, 3.05) is 26.0 Å². The molecule has 0 aliphatic carbocycles.